The van der Waals surface area contributed by atoms with Crippen LogP contribution in [0.4, 0.5) is 0 Å². The molecule has 288 valence electrons. The van der Waals surface area contributed by atoms with Gasteiger partial charge < -0.3 is 9.47 Å². The van der Waals surface area contributed by atoms with Gasteiger partial charge in [-0.3, -0.25) is 9.88 Å². The number of aromatic nitrogens is 1. The second kappa shape index (κ2) is 29.4. The van der Waals surface area contributed by atoms with Crippen molar-refractivity contribution in [2.24, 2.45) is 0 Å². The third-order valence-electron chi connectivity index (χ3n) is 10.7. The third kappa shape index (κ3) is 20.7. The van der Waals surface area contributed by atoms with Crippen molar-refractivity contribution in [3.63, 3.8) is 0 Å². The number of ether oxygens (including phenoxy) is 2. The summed E-state index contributed by atoms with van der Waals surface area (Å²) in [5.74, 6) is -0.361. The molecule has 3 heterocycles. The van der Waals surface area contributed by atoms with Crippen LogP contribution in [0.15, 0.2) is 73.1 Å². The van der Waals surface area contributed by atoms with Gasteiger partial charge in [0, 0.05) is 44.9 Å². The Kier molecular flexibility index (Phi) is 25.1. The van der Waals surface area contributed by atoms with Gasteiger partial charge in [-0.05, 0) is 88.7 Å². The summed E-state index contributed by atoms with van der Waals surface area (Å²) in [5, 5.41) is 0. The lowest BCUT2D eigenvalue weighted by atomic mass is 9.98. The van der Waals surface area contributed by atoms with E-state index in [1.54, 1.807) is 0 Å². The number of pyridine rings is 1. The summed E-state index contributed by atoms with van der Waals surface area (Å²) >= 11 is 0. The molecule has 0 radical (unpaired) electrons. The predicted molar refractivity (Wildman–Crippen MR) is 220 cm³/mol. The topological polar surface area (TPSA) is 34.6 Å². The summed E-state index contributed by atoms with van der Waals surface area (Å²) in [4.78, 5) is 6.79. The molecular formula is C47H78N2O2. The molecule has 2 aliphatic heterocycles. The van der Waals surface area contributed by atoms with E-state index in [-0.39, 0.29) is 18.0 Å². The number of unbranched alkanes of at least 4 members (excludes halogenated alkanes) is 18. The zero-order valence-corrected chi connectivity index (χ0v) is 33.3. The number of nitrogens with zero attached hydrogens (tertiary/aromatic N) is 2. The van der Waals surface area contributed by atoms with E-state index < -0.39 is 0 Å². The molecule has 1 aromatic heterocycles. The molecule has 0 unspecified atom stereocenters. The van der Waals surface area contributed by atoms with Gasteiger partial charge in [-0.1, -0.05) is 146 Å². The average molecular weight is 703 g/mol. The van der Waals surface area contributed by atoms with Crippen molar-refractivity contribution < 1.29 is 9.47 Å². The Hall–Kier alpha value is -2.01. The average Bonchev–Trinajstić information content (AvgIpc) is 3.67. The first-order chi connectivity index (χ1) is 25.2. The van der Waals surface area contributed by atoms with E-state index in [1.807, 2.05) is 18.5 Å². The molecule has 3 rings (SSSR count). The van der Waals surface area contributed by atoms with Crippen LogP contribution in [0, 0.1) is 0 Å². The van der Waals surface area contributed by atoms with E-state index in [2.05, 4.69) is 78.4 Å². The summed E-state index contributed by atoms with van der Waals surface area (Å²) in [6.45, 7) is 7.40. The quantitative estimate of drug-likeness (QED) is 0.0553. The number of hydrogen-bond donors (Lipinski definition) is 0. The van der Waals surface area contributed by atoms with Crippen molar-refractivity contribution in [2.75, 3.05) is 13.1 Å². The number of fused-ring (bicyclic) bond motifs is 1. The zero-order chi connectivity index (χ0) is 35.9. The largest absolute Gasteiger partial charge is 0.343 e. The molecule has 51 heavy (non-hydrogen) atoms. The highest BCUT2D eigenvalue weighted by atomic mass is 16.8. The Balaban J connectivity index is 1.28. The lowest BCUT2D eigenvalue weighted by Crippen LogP contribution is -2.35. The molecule has 1 aromatic rings. The standard InChI is InChI=1S/C47H78N2O2/c1-3-5-7-9-11-13-15-17-19-21-23-25-27-29-31-33-37-47(50-45-42-49(43-46(45)51-47)41-44-36-35-39-48-40-44)38-34-32-30-28-26-24-22-20-18-16-14-12-10-8-6-4-2/h11-14,17-20,35-36,39-40,45-46H,3-10,15-16,21-34,37-38,41-43H2,1-2H3/b13-11-,14-12-,19-17-,20-18-/t45-,46-/m0/s1. The monoisotopic (exact) mass is 703 g/mol. The molecule has 0 saturated carbocycles. The third-order valence-corrected chi connectivity index (χ3v) is 10.7. The maximum absolute atomic E-state index is 6.89. The molecule has 0 aromatic carbocycles. The maximum Gasteiger partial charge on any atom is 0.169 e. The van der Waals surface area contributed by atoms with Crippen LogP contribution in [0.5, 0.6) is 0 Å². The molecule has 0 bridgehead atoms. The fourth-order valence-corrected chi connectivity index (χ4v) is 7.63. The van der Waals surface area contributed by atoms with Crippen LogP contribution in [0.1, 0.15) is 186 Å². The molecule has 2 fully saturated rings. The summed E-state index contributed by atoms with van der Waals surface area (Å²) in [6, 6.07) is 4.20. The van der Waals surface area contributed by atoms with Crippen LogP contribution in [0.2, 0.25) is 0 Å². The van der Waals surface area contributed by atoms with Gasteiger partial charge in [0.15, 0.2) is 5.79 Å². The molecule has 4 nitrogen and oxygen atoms in total. The molecule has 4 heteroatoms. The normalized spacial score (nSPS) is 19.2. The van der Waals surface area contributed by atoms with Gasteiger partial charge in [0.05, 0.1) is 0 Å². The van der Waals surface area contributed by atoms with Crippen molar-refractivity contribution in [1.82, 2.24) is 9.88 Å². The number of hydrogen-bond acceptors (Lipinski definition) is 4. The Morgan fingerprint density at radius 3 is 1.45 bits per heavy atom. The van der Waals surface area contributed by atoms with E-state index in [0.717, 1.165) is 45.3 Å². The van der Waals surface area contributed by atoms with Crippen molar-refractivity contribution in [1.29, 1.82) is 0 Å². The highest BCUT2D eigenvalue weighted by Gasteiger charge is 2.50. The Morgan fingerprint density at radius 2 is 1.02 bits per heavy atom. The van der Waals surface area contributed by atoms with Crippen molar-refractivity contribution in [3.05, 3.63) is 78.7 Å². The SMILES string of the molecule is CCCCC/C=C\C/C=C\CCCCCCCCC1(CCCCCCCC/C=C\C/C=C\CCCCC)O[C@H]2CN(Cc3cccnc3)C[C@@H]2O1. The van der Waals surface area contributed by atoms with Crippen molar-refractivity contribution in [3.8, 4) is 0 Å². The molecule has 2 saturated heterocycles. The Bertz CT molecular complexity index is 999. The van der Waals surface area contributed by atoms with E-state index in [1.165, 1.54) is 147 Å². The van der Waals surface area contributed by atoms with Crippen LogP contribution in [-0.4, -0.2) is 41.0 Å². The van der Waals surface area contributed by atoms with Gasteiger partial charge in [0.25, 0.3) is 0 Å². The second-order valence-corrected chi connectivity index (χ2v) is 15.4. The van der Waals surface area contributed by atoms with Crippen LogP contribution in [0.3, 0.4) is 0 Å². The first-order valence-corrected chi connectivity index (χ1v) is 21.8. The van der Waals surface area contributed by atoms with Gasteiger partial charge in [-0.2, -0.15) is 0 Å². The molecule has 0 N–H and O–H groups in total. The first kappa shape index (κ1) is 43.4. The van der Waals surface area contributed by atoms with Crippen molar-refractivity contribution in [2.45, 2.75) is 205 Å². The van der Waals surface area contributed by atoms with E-state index >= 15 is 0 Å². The van der Waals surface area contributed by atoms with Gasteiger partial charge in [0.2, 0.25) is 0 Å². The highest BCUT2D eigenvalue weighted by Crippen LogP contribution is 2.41. The fourth-order valence-electron chi connectivity index (χ4n) is 7.63. The van der Waals surface area contributed by atoms with E-state index in [4.69, 9.17) is 9.47 Å². The minimum Gasteiger partial charge on any atom is -0.343 e. The number of likely N-dealkylation sites (tertiary alicyclic amines) is 1. The van der Waals surface area contributed by atoms with Gasteiger partial charge in [0.1, 0.15) is 12.2 Å². The lowest BCUT2D eigenvalue weighted by molar-refractivity contribution is -0.194. The minimum absolute atomic E-state index is 0.205. The van der Waals surface area contributed by atoms with Crippen LogP contribution in [-0.2, 0) is 16.0 Å². The molecular weight excluding hydrogens is 625 g/mol. The fraction of sp³-hybridized carbons (Fsp3) is 0.723. The predicted octanol–water partition coefficient (Wildman–Crippen LogP) is 13.8. The Morgan fingerprint density at radius 1 is 0.588 bits per heavy atom. The van der Waals surface area contributed by atoms with Crippen molar-refractivity contribution >= 4 is 0 Å². The van der Waals surface area contributed by atoms with Gasteiger partial charge >= 0.3 is 0 Å². The summed E-state index contributed by atoms with van der Waals surface area (Å²) in [7, 11) is 0. The minimum atomic E-state index is -0.361. The maximum atomic E-state index is 6.89. The van der Waals surface area contributed by atoms with E-state index in [9.17, 15) is 0 Å². The van der Waals surface area contributed by atoms with Gasteiger partial charge in [-0.25, -0.2) is 0 Å². The summed E-state index contributed by atoms with van der Waals surface area (Å²) in [6.07, 6.45) is 56.0. The van der Waals surface area contributed by atoms with Crippen LogP contribution in [0.25, 0.3) is 0 Å². The molecule has 2 atom stereocenters. The number of rotatable bonds is 32. The Labute approximate surface area is 315 Å². The first-order valence-electron chi connectivity index (χ1n) is 21.8. The summed E-state index contributed by atoms with van der Waals surface area (Å²) in [5.41, 5.74) is 1.27. The number of allylic oxidation sites excluding steroid dienone is 8. The molecule has 0 spiro atoms. The zero-order valence-electron chi connectivity index (χ0n) is 33.3. The molecule has 0 amide bonds. The lowest BCUT2D eigenvalue weighted by Gasteiger charge is -2.31. The van der Waals surface area contributed by atoms with Crippen LogP contribution >= 0.6 is 0 Å². The van der Waals surface area contributed by atoms with E-state index in [0.29, 0.717) is 0 Å². The highest BCUT2D eigenvalue weighted by molar-refractivity contribution is 5.09. The molecule has 0 aliphatic carbocycles. The molecule has 2 aliphatic rings. The smallest absolute Gasteiger partial charge is 0.169 e. The second-order valence-electron chi connectivity index (χ2n) is 15.4. The van der Waals surface area contributed by atoms with Crippen LogP contribution < -0.4 is 0 Å². The van der Waals surface area contributed by atoms with Gasteiger partial charge in [-0.15, -0.1) is 0 Å². The summed E-state index contributed by atoms with van der Waals surface area (Å²) < 4.78 is 13.8.